The molecule has 44 valence electrons. The Labute approximate surface area is 56.4 Å². The molecule has 0 aliphatic carbocycles. The average Bonchev–Trinajstić information content (AvgIpc) is 1.69. The highest BCUT2D eigenvalue weighted by Gasteiger charge is 1.72. The number of hydrogen-bond donors (Lipinski definition) is 1. The number of rotatable bonds is 0. The van der Waals surface area contributed by atoms with Gasteiger partial charge in [-0.15, -0.1) is 0 Å². The zero-order valence-corrected chi connectivity index (χ0v) is 5.10. The molecule has 0 atom stereocenters. The van der Waals surface area contributed by atoms with E-state index in [9.17, 15) is 0 Å². The molecule has 0 unspecified atom stereocenters. The van der Waals surface area contributed by atoms with Crippen LogP contribution in [0.5, 0.6) is 0 Å². The van der Waals surface area contributed by atoms with Crippen molar-refractivity contribution in [3.63, 3.8) is 0 Å². The lowest BCUT2D eigenvalue weighted by Gasteiger charge is -1.83. The molecule has 0 aromatic heterocycles. The molecule has 1 aromatic rings. The van der Waals surface area contributed by atoms with Crippen LogP contribution in [-0.4, -0.2) is 0 Å². The topological polar surface area (TPSA) is 26.0 Å². The number of benzene rings is 1. The minimum absolute atomic E-state index is 0. The van der Waals surface area contributed by atoms with Crippen LogP contribution in [0.15, 0.2) is 30.3 Å². The summed E-state index contributed by atoms with van der Waals surface area (Å²) in [6, 6.07) is 9.49. The fourth-order valence-electron chi connectivity index (χ4n) is 0.453. The van der Waals surface area contributed by atoms with Crippen molar-refractivity contribution in [1.82, 2.24) is 0 Å². The quantitative estimate of drug-likeness (QED) is 0.419. The van der Waals surface area contributed by atoms with E-state index in [2.05, 4.69) is 0 Å². The first-order valence-electron chi connectivity index (χ1n) is 2.20. The fourth-order valence-corrected chi connectivity index (χ4v) is 0.453. The highest BCUT2D eigenvalue weighted by molar-refractivity contribution is 5.35. The molecule has 0 aliphatic heterocycles. The van der Waals surface area contributed by atoms with Gasteiger partial charge in [0.15, 0.2) is 0 Å². The van der Waals surface area contributed by atoms with Crippen molar-refractivity contribution in [1.29, 1.82) is 0 Å². The summed E-state index contributed by atoms with van der Waals surface area (Å²) in [6.07, 6.45) is 0. The summed E-state index contributed by atoms with van der Waals surface area (Å²) >= 11 is 0. The number of nitrogen functional groups attached to an aromatic ring is 1. The summed E-state index contributed by atoms with van der Waals surface area (Å²) in [6.45, 7) is 0. The van der Waals surface area contributed by atoms with Crippen LogP contribution in [0.3, 0.4) is 0 Å². The Morgan fingerprint density at radius 3 is 1.88 bits per heavy atom. The van der Waals surface area contributed by atoms with Gasteiger partial charge in [-0.1, -0.05) is 18.2 Å². The van der Waals surface area contributed by atoms with E-state index < -0.39 is 0 Å². The zero-order chi connectivity index (χ0) is 5.11. The van der Waals surface area contributed by atoms with Crippen molar-refractivity contribution in [3.8, 4) is 0 Å². The first kappa shape index (κ1) is 7.31. The highest BCUT2D eigenvalue weighted by atomic mass is 35.5. The van der Waals surface area contributed by atoms with Crippen molar-refractivity contribution in [3.05, 3.63) is 30.3 Å². The summed E-state index contributed by atoms with van der Waals surface area (Å²) < 4.78 is 0. The predicted molar refractivity (Wildman–Crippen MR) is 32.0 cm³/mol. The van der Waals surface area contributed by atoms with E-state index in [4.69, 9.17) is 5.73 Å². The molecule has 0 saturated carbocycles. The predicted octanol–water partition coefficient (Wildman–Crippen LogP) is -1.61. The Morgan fingerprint density at radius 1 is 1.12 bits per heavy atom. The van der Waals surface area contributed by atoms with E-state index in [0.29, 0.717) is 0 Å². The lowest BCUT2D eigenvalue weighted by molar-refractivity contribution is -0.00000146. The number of anilines is 1. The zero-order valence-electron chi connectivity index (χ0n) is 5.34. The normalized spacial score (nSPS) is 7.50. The van der Waals surface area contributed by atoms with Crippen LogP contribution in [0, 0.1) is 0 Å². The van der Waals surface area contributed by atoms with Gasteiger partial charge in [-0.3, -0.25) is 0 Å². The van der Waals surface area contributed by atoms with Crippen LogP contribution >= 0.6 is 0 Å². The monoisotopic (exact) mass is 129 g/mol. The first-order valence-corrected chi connectivity index (χ1v) is 2.20. The Kier molecular flexibility index (Phi) is 3.04. The first-order chi connectivity index (χ1) is 3.39. The summed E-state index contributed by atoms with van der Waals surface area (Å²) in [5.41, 5.74) is 6.18. The third-order valence-corrected chi connectivity index (χ3v) is 0.800. The van der Waals surface area contributed by atoms with Crippen LogP contribution in [0.4, 0.5) is 5.69 Å². The molecule has 0 radical (unpaired) electrons. The number of nitrogens with two attached hydrogens (primary N) is 1. The molecule has 1 rings (SSSR count). The van der Waals surface area contributed by atoms with Crippen LogP contribution in [-0.2, 0) is 0 Å². The Hall–Kier alpha value is -0.690. The summed E-state index contributed by atoms with van der Waals surface area (Å²) in [5, 5.41) is 0. The van der Waals surface area contributed by atoms with Gasteiger partial charge in [0.25, 0.3) is 0 Å². The van der Waals surface area contributed by atoms with Crippen LogP contribution < -0.4 is 18.1 Å². The maximum atomic E-state index is 5.36. The Balaban J connectivity index is 0. The molecule has 8 heavy (non-hydrogen) atoms. The van der Waals surface area contributed by atoms with Gasteiger partial charge in [0.2, 0.25) is 0 Å². The third kappa shape index (κ3) is 1.85. The van der Waals surface area contributed by atoms with Gasteiger partial charge >= 0.3 is 1.43 Å². The van der Waals surface area contributed by atoms with Crippen LogP contribution in [0.25, 0.3) is 0 Å². The molecule has 0 bridgehead atoms. The average molecular weight is 130 g/mol. The number of hydrogen-bond acceptors (Lipinski definition) is 1. The third-order valence-electron chi connectivity index (χ3n) is 0.800. The van der Waals surface area contributed by atoms with Crippen molar-refractivity contribution in [2.45, 2.75) is 0 Å². The van der Waals surface area contributed by atoms with Crippen molar-refractivity contribution in [2.24, 2.45) is 0 Å². The molecular weight excluding hydrogens is 122 g/mol. The second-order valence-electron chi connectivity index (χ2n) is 1.41. The number of para-hydroxylation sites is 1. The molecule has 0 amide bonds. The van der Waals surface area contributed by atoms with Crippen molar-refractivity contribution >= 4 is 5.69 Å². The minimum atomic E-state index is 0. The molecular formula is C6H8ClN. The Morgan fingerprint density at radius 2 is 1.62 bits per heavy atom. The fraction of sp³-hybridized carbons (Fsp3) is 0. The van der Waals surface area contributed by atoms with E-state index in [-0.39, 0.29) is 13.8 Å². The second kappa shape index (κ2) is 3.33. The molecule has 0 spiro atoms. The molecule has 1 aromatic carbocycles. The molecule has 0 saturated heterocycles. The smallest absolute Gasteiger partial charge is 1.00 e. The standard InChI is InChI=1S/C6H7N.ClH/c7-6-4-2-1-3-5-6;/h1-5H,7H2;1H. The molecule has 0 aliphatic rings. The maximum Gasteiger partial charge on any atom is 1.00 e. The lowest BCUT2D eigenvalue weighted by Crippen LogP contribution is -3.00. The summed E-state index contributed by atoms with van der Waals surface area (Å²) in [4.78, 5) is 0. The van der Waals surface area contributed by atoms with E-state index >= 15 is 0 Å². The molecule has 0 fully saturated rings. The van der Waals surface area contributed by atoms with Gasteiger partial charge in [-0.05, 0) is 12.1 Å². The van der Waals surface area contributed by atoms with Gasteiger partial charge in [-0.25, -0.2) is 0 Å². The van der Waals surface area contributed by atoms with E-state index in [0.717, 1.165) is 5.69 Å². The Bertz CT molecular complexity index is 143. The van der Waals surface area contributed by atoms with Gasteiger partial charge < -0.3 is 18.1 Å². The lowest BCUT2D eigenvalue weighted by atomic mass is 10.3. The molecule has 2 N–H and O–H groups in total. The van der Waals surface area contributed by atoms with Crippen molar-refractivity contribution < 1.29 is 13.8 Å². The molecule has 0 heterocycles. The van der Waals surface area contributed by atoms with Crippen LogP contribution in [0.1, 0.15) is 1.43 Å². The molecule has 1 nitrogen and oxygen atoms in total. The minimum Gasteiger partial charge on any atom is -1.00 e. The van der Waals surface area contributed by atoms with E-state index in [1.165, 1.54) is 0 Å². The summed E-state index contributed by atoms with van der Waals surface area (Å²) in [5.74, 6) is 0. The van der Waals surface area contributed by atoms with Gasteiger partial charge in [0.1, 0.15) is 0 Å². The van der Waals surface area contributed by atoms with Gasteiger partial charge in [-0.2, -0.15) is 0 Å². The number of halogens is 1. The SMILES string of the molecule is Nc1ccccc1.[Cl-].[H+]. The van der Waals surface area contributed by atoms with E-state index in [1.807, 2.05) is 30.3 Å². The van der Waals surface area contributed by atoms with Gasteiger partial charge in [0.05, 0.1) is 0 Å². The van der Waals surface area contributed by atoms with Crippen LogP contribution in [0.2, 0.25) is 0 Å². The largest absolute Gasteiger partial charge is 1.00 e. The van der Waals surface area contributed by atoms with Crippen molar-refractivity contribution in [2.75, 3.05) is 5.73 Å². The highest BCUT2D eigenvalue weighted by Crippen LogP contribution is 1.95. The maximum absolute atomic E-state index is 5.36. The van der Waals surface area contributed by atoms with E-state index in [1.54, 1.807) is 0 Å². The summed E-state index contributed by atoms with van der Waals surface area (Å²) in [7, 11) is 0. The second-order valence-corrected chi connectivity index (χ2v) is 1.41. The molecule has 2 heteroatoms. The van der Waals surface area contributed by atoms with Gasteiger partial charge in [0, 0.05) is 5.69 Å².